The van der Waals surface area contributed by atoms with Crippen molar-refractivity contribution in [3.8, 4) is 0 Å². The second-order valence-electron chi connectivity index (χ2n) is 13.4. The summed E-state index contributed by atoms with van der Waals surface area (Å²) in [6, 6.07) is 5.02. The molecule has 55 heavy (non-hydrogen) atoms. The lowest BCUT2D eigenvalue weighted by atomic mass is 9.88. The minimum atomic E-state index is -2.83. The quantitative estimate of drug-likeness (QED) is 0.0392. The molecule has 0 radical (unpaired) electrons. The molecule has 4 amide bonds. The first-order valence-corrected chi connectivity index (χ1v) is 17.4. The van der Waals surface area contributed by atoms with Gasteiger partial charge in [-0.25, -0.2) is 9.59 Å². The van der Waals surface area contributed by atoms with Crippen molar-refractivity contribution in [2.45, 2.75) is 113 Å². The number of hydrogen-bond donors (Lipinski definition) is 11. The molecule has 308 valence electrons. The van der Waals surface area contributed by atoms with E-state index in [0.29, 0.717) is 0 Å². The van der Waals surface area contributed by atoms with Crippen LogP contribution in [-0.4, -0.2) is 158 Å². The Balaban J connectivity index is 1.65. The second-order valence-corrected chi connectivity index (χ2v) is 13.4. The highest BCUT2D eigenvalue weighted by Crippen LogP contribution is 2.38. The van der Waals surface area contributed by atoms with Crippen molar-refractivity contribution in [1.82, 2.24) is 16.0 Å². The number of esters is 1. The predicted molar refractivity (Wildman–Crippen MR) is 184 cm³/mol. The van der Waals surface area contributed by atoms with Crippen LogP contribution in [0, 0.1) is 0 Å². The normalized spacial score (nSPS) is 28.9. The van der Waals surface area contributed by atoms with Gasteiger partial charge in [-0.3, -0.25) is 19.2 Å². The maximum absolute atomic E-state index is 12.6. The van der Waals surface area contributed by atoms with E-state index in [2.05, 4.69) is 21.3 Å². The van der Waals surface area contributed by atoms with Crippen LogP contribution >= 0.6 is 0 Å². The van der Waals surface area contributed by atoms with E-state index >= 15 is 0 Å². The van der Waals surface area contributed by atoms with Gasteiger partial charge in [-0.15, -0.1) is 0 Å². The Morgan fingerprint density at radius 1 is 0.982 bits per heavy atom. The molecule has 2 unspecified atom stereocenters. The largest absolute Gasteiger partial charge is 0.477 e. The summed E-state index contributed by atoms with van der Waals surface area (Å²) in [5.41, 5.74) is -2.01. The van der Waals surface area contributed by atoms with Gasteiger partial charge in [0.15, 0.2) is 0 Å². The van der Waals surface area contributed by atoms with E-state index in [1.54, 1.807) is 12.1 Å². The van der Waals surface area contributed by atoms with Crippen molar-refractivity contribution in [1.29, 1.82) is 0 Å². The van der Waals surface area contributed by atoms with E-state index in [1.807, 2.05) is 0 Å². The van der Waals surface area contributed by atoms with E-state index in [-0.39, 0.29) is 43.5 Å². The summed E-state index contributed by atoms with van der Waals surface area (Å²) < 4.78 is 21.8. The van der Waals surface area contributed by atoms with Crippen molar-refractivity contribution >= 4 is 41.3 Å². The van der Waals surface area contributed by atoms with Gasteiger partial charge < -0.3 is 76.0 Å². The molecule has 21 nitrogen and oxygen atoms in total. The van der Waals surface area contributed by atoms with Gasteiger partial charge in [0.1, 0.15) is 36.2 Å². The molecular weight excluding hydrogens is 736 g/mol. The predicted octanol–water partition coefficient (Wildman–Crippen LogP) is -3.40. The first-order chi connectivity index (χ1) is 25.8. The van der Waals surface area contributed by atoms with E-state index in [4.69, 9.17) is 18.9 Å². The van der Waals surface area contributed by atoms with Gasteiger partial charge in [-0.1, -0.05) is 12.1 Å². The Kier molecular flexibility index (Phi) is 16.4. The Hall–Kier alpha value is -4.32. The summed E-state index contributed by atoms with van der Waals surface area (Å²) in [5.74, 6) is -7.71. The number of methoxy groups -OCH3 is 1. The molecule has 2 aliphatic heterocycles. The summed E-state index contributed by atoms with van der Waals surface area (Å²) in [7, 11) is 1.20. The number of rotatable bonds is 18. The molecule has 1 aromatic carbocycles. The van der Waals surface area contributed by atoms with Gasteiger partial charge in [0.05, 0.1) is 56.2 Å². The topological polar surface area (TPSA) is 329 Å². The van der Waals surface area contributed by atoms with Crippen LogP contribution in [0.5, 0.6) is 0 Å². The number of aliphatic hydroxyl groups is 6. The first-order valence-electron chi connectivity index (χ1n) is 17.4. The van der Waals surface area contributed by atoms with Gasteiger partial charge in [0.25, 0.3) is 5.79 Å². The van der Waals surface area contributed by atoms with Gasteiger partial charge >= 0.3 is 11.9 Å². The molecule has 0 aliphatic carbocycles. The molecule has 2 heterocycles. The SMILES string of the molecule is COC(=O)c1ccccc1NC(=O)CCC(=O)NCCC[C@H]1O[C@H](CO[C@]2(C(=O)O)C[C@@](O)(NC(C)=O)C[C@H](C(O)C(O)CO)O2)[C@H](O)[C@H](O)[C@H]1NC(C)=O. The van der Waals surface area contributed by atoms with Gasteiger partial charge in [0, 0.05) is 39.7 Å². The highest BCUT2D eigenvalue weighted by molar-refractivity contribution is 6.01. The van der Waals surface area contributed by atoms with Crippen molar-refractivity contribution in [3.63, 3.8) is 0 Å². The van der Waals surface area contributed by atoms with Crippen molar-refractivity contribution in [3.05, 3.63) is 29.8 Å². The van der Waals surface area contributed by atoms with Crippen LogP contribution in [-0.2, 0) is 42.9 Å². The summed E-state index contributed by atoms with van der Waals surface area (Å²) in [4.78, 5) is 73.4. The minimum Gasteiger partial charge on any atom is -0.477 e. The third-order valence-corrected chi connectivity index (χ3v) is 8.98. The fourth-order valence-electron chi connectivity index (χ4n) is 6.36. The summed E-state index contributed by atoms with van der Waals surface area (Å²) >= 11 is 0. The molecule has 0 bridgehead atoms. The third kappa shape index (κ3) is 12.3. The van der Waals surface area contributed by atoms with Crippen molar-refractivity contribution in [2.24, 2.45) is 0 Å². The molecule has 0 saturated carbocycles. The lowest BCUT2D eigenvalue weighted by Gasteiger charge is -2.48. The smallest absolute Gasteiger partial charge is 0.364 e. The maximum Gasteiger partial charge on any atom is 0.364 e. The van der Waals surface area contributed by atoms with E-state index in [1.165, 1.54) is 26.2 Å². The number of nitrogens with one attached hydrogen (secondary N) is 4. The van der Waals surface area contributed by atoms with Gasteiger partial charge in [-0.05, 0) is 25.0 Å². The number of carboxylic acid groups (broad SMARTS) is 1. The summed E-state index contributed by atoms with van der Waals surface area (Å²) in [6.45, 7) is 0.470. The molecule has 3 rings (SSSR count). The summed E-state index contributed by atoms with van der Waals surface area (Å²) in [6.07, 6.45) is -13.2. The molecule has 21 heteroatoms. The number of amides is 4. The zero-order chi connectivity index (χ0) is 41.1. The molecule has 0 aromatic heterocycles. The number of aliphatic carboxylic acids is 1. The number of carbonyl (C=O) groups is 6. The van der Waals surface area contributed by atoms with Crippen molar-refractivity contribution in [2.75, 3.05) is 32.2 Å². The molecule has 2 aliphatic rings. The Labute approximate surface area is 315 Å². The van der Waals surface area contributed by atoms with Crippen LogP contribution in [0.15, 0.2) is 24.3 Å². The Bertz CT molecular complexity index is 1530. The molecule has 1 aromatic rings. The van der Waals surface area contributed by atoms with Crippen LogP contribution in [0.1, 0.15) is 62.7 Å². The molecule has 0 spiro atoms. The molecule has 2 fully saturated rings. The average molecular weight is 787 g/mol. The number of anilines is 1. The summed E-state index contributed by atoms with van der Waals surface area (Å²) in [5, 5.41) is 83.1. The second kappa shape index (κ2) is 20.0. The monoisotopic (exact) mass is 786 g/mol. The fourth-order valence-corrected chi connectivity index (χ4v) is 6.36. The van der Waals surface area contributed by atoms with E-state index in [9.17, 15) is 64.5 Å². The van der Waals surface area contributed by atoms with Crippen molar-refractivity contribution < 1.29 is 83.5 Å². The number of hydrogen-bond acceptors (Lipinski definition) is 16. The molecule has 11 N–H and O–H groups in total. The highest BCUT2D eigenvalue weighted by Gasteiger charge is 2.58. The Morgan fingerprint density at radius 3 is 2.27 bits per heavy atom. The third-order valence-electron chi connectivity index (χ3n) is 8.98. The van der Waals surface area contributed by atoms with Crippen LogP contribution in [0.25, 0.3) is 0 Å². The van der Waals surface area contributed by atoms with Crippen LogP contribution < -0.4 is 21.3 Å². The van der Waals surface area contributed by atoms with Gasteiger partial charge in [-0.2, -0.15) is 0 Å². The minimum absolute atomic E-state index is 0.0548. The zero-order valence-corrected chi connectivity index (χ0v) is 30.5. The lowest BCUT2D eigenvalue weighted by Crippen LogP contribution is -2.67. The zero-order valence-electron chi connectivity index (χ0n) is 30.5. The highest BCUT2D eigenvalue weighted by atomic mass is 16.7. The number of carbonyl (C=O) groups excluding carboxylic acids is 5. The Morgan fingerprint density at radius 2 is 1.65 bits per heavy atom. The van der Waals surface area contributed by atoms with Crippen LogP contribution in [0.3, 0.4) is 0 Å². The van der Waals surface area contributed by atoms with Gasteiger partial charge in [0.2, 0.25) is 23.6 Å². The number of aliphatic hydroxyl groups excluding tert-OH is 5. The number of ether oxygens (including phenoxy) is 4. The number of para-hydroxylation sites is 1. The average Bonchev–Trinajstić information content (AvgIpc) is 3.12. The molecule has 10 atom stereocenters. The first kappa shape index (κ1) is 45.1. The van der Waals surface area contributed by atoms with Crippen LogP contribution in [0.2, 0.25) is 0 Å². The van der Waals surface area contributed by atoms with E-state index < -0.39 is 122 Å². The number of carboxylic acids is 1. The lowest BCUT2D eigenvalue weighted by molar-refractivity contribution is -0.332. The number of benzene rings is 1. The fraction of sp³-hybridized carbons (Fsp3) is 0.647. The molecular formula is C34H50N4O17. The molecule has 2 saturated heterocycles. The maximum atomic E-state index is 12.6. The van der Waals surface area contributed by atoms with Crippen LogP contribution in [0.4, 0.5) is 5.69 Å². The standard InChI is InChI=1S/C34H50N4O17/c1-17(40)36-27-22(9-6-12-35-25(43)10-11-26(44)37-20-8-5-4-7-19(20)31(48)52-3)54-24(29(46)30(27)47)15-53-34(32(49)50)16-33(51,38-18(2)41)13-23(55-34)28(45)21(42)14-39/h4-5,7-8,21-24,27-30,39,42,45-47,51H,6,9-16H2,1-3H3,(H,35,43)(H,36,40)(H,37,44)(H,38,41)(H,49,50)/t21?,22-,23-,24-,27+,28?,29+,30-,33-,34-/m1/s1. The van der Waals surface area contributed by atoms with E-state index in [0.717, 1.165) is 6.92 Å².